The first-order valence-corrected chi connectivity index (χ1v) is 6.33. The van der Waals surface area contributed by atoms with Crippen LogP contribution >= 0.6 is 23.2 Å². The maximum absolute atomic E-state index is 6.14. The summed E-state index contributed by atoms with van der Waals surface area (Å²) in [6, 6.07) is 5.87. The Bertz CT molecular complexity index is 553. The number of halogens is 2. The molecule has 1 heterocycles. The Morgan fingerprint density at radius 3 is 2.76 bits per heavy atom. The zero-order valence-electron chi connectivity index (χ0n) is 9.63. The molecule has 2 nitrogen and oxygen atoms in total. The molecule has 0 atom stereocenters. The highest BCUT2D eigenvalue weighted by molar-refractivity contribution is 6.45. The first kappa shape index (κ1) is 12.6. The van der Waals surface area contributed by atoms with Gasteiger partial charge < -0.3 is 5.73 Å². The van der Waals surface area contributed by atoms with Crippen molar-refractivity contribution in [1.29, 1.82) is 0 Å². The molecule has 2 aromatic rings. The molecule has 0 fully saturated rings. The predicted molar refractivity (Wildman–Crippen MR) is 73.9 cm³/mol. The van der Waals surface area contributed by atoms with E-state index in [9.17, 15) is 0 Å². The molecule has 17 heavy (non-hydrogen) atoms. The van der Waals surface area contributed by atoms with Gasteiger partial charge >= 0.3 is 0 Å². The lowest BCUT2D eigenvalue weighted by molar-refractivity contribution is 0.824. The molecule has 0 saturated carbocycles. The van der Waals surface area contributed by atoms with Gasteiger partial charge in [-0.05, 0) is 44.0 Å². The Kier molecular flexibility index (Phi) is 3.87. The van der Waals surface area contributed by atoms with Crippen LogP contribution in [-0.4, -0.2) is 11.5 Å². The second kappa shape index (κ2) is 5.21. The molecule has 0 spiro atoms. The van der Waals surface area contributed by atoms with Gasteiger partial charge in [0.25, 0.3) is 0 Å². The number of fused-ring (bicyclic) bond motifs is 1. The normalized spacial score (nSPS) is 11.1. The van der Waals surface area contributed by atoms with E-state index in [-0.39, 0.29) is 0 Å². The molecule has 0 unspecified atom stereocenters. The van der Waals surface area contributed by atoms with Crippen molar-refractivity contribution in [1.82, 2.24) is 4.98 Å². The SMILES string of the molecule is Cc1nc2c(Cl)c(Cl)ccc2cc1CCCN. The largest absolute Gasteiger partial charge is 0.330 e. The molecule has 2 rings (SSSR count). The highest BCUT2D eigenvalue weighted by Crippen LogP contribution is 2.30. The highest BCUT2D eigenvalue weighted by atomic mass is 35.5. The van der Waals surface area contributed by atoms with Crippen LogP contribution in [0.1, 0.15) is 17.7 Å². The molecule has 0 saturated heterocycles. The van der Waals surface area contributed by atoms with Gasteiger partial charge in [-0.1, -0.05) is 29.3 Å². The van der Waals surface area contributed by atoms with Crippen LogP contribution in [-0.2, 0) is 6.42 Å². The van der Waals surface area contributed by atoms with Crippen molar-refractivity contribution in [2.45, 2.75) is 19.8 Å². The van der Waals surface area contributed by atoms with E-state index < -0.39 is 0 Å². The topological polar surface area (TPSA) is 38.9 Å². The zero-order valence-corrected chi connectivity index (χ0v) is 11.1. The minimum atomic E-state index is 0.526. The lowest BCUT2D eigenvalue weighted by atomic mass is 10.1. The Morgan fingerprint density at radius 2 is 2.06 bits per heavy atom. The number of hydrogen-bond donors (Lipinski definition) is 1. The first-order chi connectivity index (χ1) is 8.13. The number of pyridine rings is 1. The van der Waals surface area contributed by atoms with Crippen molar-refractivity contribution in [3.05, 3.63) is 39.5 Å². The standard InChI is InChI=1S/C13H14Cl2N2/c1-8-9(3-2-6-16)7-10-4-5-11(14)12(15)13(10)17-8/h4-5,7H,2-3,6,16H2,1H3. The van der Waals surface area contributed by atoms with Crippen LogP contribution in [0.5, 0.6) is 0 Å². The third kappa shape index (κ3) is 2.54. The molecule has 90 valence electrons. The summed E-state index contributed by atoms with van der Waals surface area (Å²) >= 11 is 12.1. The molecule has 0 aliphatic carbocycles. The van der Waals surface area contributed by atoms with Gasteiger partial charge in [-0.15, -0.1) is 0 Å². The Hall–Kier alpha value is -0.830. The highest BCUT2D eigenvalue weighted by Gasteiger charge is 2.08. The number of aryl methyl sites for hydroxylation is 2. The molecule has 0 radical (unpaired) electrons. The average molecular weight is 269 g/mol. The Balaban J connectivity index is 2.54. The fourth-order valence-corrected chi connectivity index (χ4v) is 2.23. The van der Waals surface area contributed by atoms with Gasteiger partial charge in [-0.2, -0.15) is 0 Å². The van der Waals surface area contributed by atoms with Crippen molar-refractivity contribution in [2.75, 3.05) is 6.54 Å². The molecule has 1 aromatic heterocycles. The molecule has 1 aromatic carbocycles. The van der Waals surface area contributed by atoms with Crippen LogP contribution in [0, 0.1) is 6.92 Å². The maximum Gasteiger partial charge on any atom is 0.0906 e. The summed E-state index contributed by atoms with van der Waals surface area (Å²) in [5.74, 6) is 0. The van der Waals surface area contributed by atoms with Crippen molar-refractivity contribution in [2.24, 2.45) is 5.73 Å². The minimum absolute atomic E-state index is 0.526. The van der Waals surface area contributed by atoms with Gasteiger partial charge in [0.2, 0.25) is 0 Å². The van der Waals surface area contributed by atoms with Crippen molar-refractivity contribution < 1.29 is 0 Å². The molecular weight excluding hydrogens is 255 g/mol. The van der Waals surface area contributed by atoms with E-state index in [2.05, 4.69) is 11.1 Å². The van der Waals surface area contributed by atoms with Crippen LogP contribution in [0.4, 0.5) is 0 Å². The van der Waals surface area contributed by atoms with Gasteiger partial charge in [0.05, 0.1) is 15.6 Å². The van der Waals surface area contributed by atoms with E-state index >= 15 is 0 Å². The van der Waals surface area contributed by atoms with E-state index in [1.54, 1.807) is 6.07 Å². The molecule has 0 aliphatic rings. The van der Waals surface area contributed by atoms with Crippen LogP contribution in [0.2, 0.25) is 10.0 Å². The molecular formula is C13H14Cl2N2. The van der Waals surface area contributed by atoms with E-state index in [4.69, 9.17) is 28.9 Å². The van der Waals surface area contributed by atoms with Crippen LogP contribution in [0.3, 0.4) is 0 Å². The fourth-order valence-electron chi connectivity index (χ4n) is 1.86. The third-order valence-corrected chi connectivity index (χ3v) is 3.62. The monoisotopic (exact) mass is 268 g/mol. The minimum Gasteiger partial charge on any atom is -0.330 e. The fraction of sp³-hybridized carbons (Fsp3) is 0.308. The lowest BCUT2D eigenvalue weighted by Gasteiger charge is -2.08. The van der Waals surface area contributed by atoms with Gasteiger partial charge in [0.1, 0.15) is 0 Å². The Labute approximate surface area is 111 Å². The number of benzene rings is 1. The smallest absolute Gasteiger partial charge is 0.0906 e. The summed E-state index contributed by atoms with van der Waals surface area (Å²) in [6.07, 6.45) is 1.92. The summed E-state index contributed by atoms with van der Waals surface area (Å²) in [6.45, 7) is 2.68. The second-order valence-electron chi connectivity index (χ2n) is 4.06. The van der Waals surface area contributed by atoms with Gasteiger partial charge in [0.15, 0.2) is 0 Å². The zero-order chi connectivity index (χ0) is 12.4. The lowest BCUT2D eigenvalue weighted by Crippen LogP contribution is -2.02. The van der Waals surface area contributed by atoms with Gasteiger partial charge in [-0.3, -0.25) is 4.98 Å². The number of rotatable bonds is 3. The molecule has 0 amide bonds. The molecule has 2 N–H and O–H groups in total. The van der Waals surface area contributed by atoms with Gasteiger partial charge in [-0.25, -0.2) is 0 Å². The summed E-state index contributed by atoms with van der Waals surface area (Å²) in [4.78, 5) is 4.53. The number of nitrogens with two attached hydrogens (primary N) is 1. The van der Waals surface area contributed by atoms with Crippen LogP contribution in [0.15, 0.2) is 18.2 Å². The average Bonchev–Trinajstić information content (AvgIpc) is 2.32. The van der Waals surface area contributed by atoms with E-state index in [0.29, 0.717) is 16.6 Å². The molecule has 4 heteroatoms. The maximum atomic E-state index is 6.14. The summed E-state index contributed by atoms with van der Waals surface area (Å²) in [5, 5.41) is 2.09. The summed E-state index contributed by atoms with van der Waals surface area (Å²) < 4.78 is 0. The predicted octanol–water partition coefficient (Wildman–Crippen LogP) is 3.74. The Morgan fingerprint density at radius 1 is 1.29 bits per heavy atom. The van der Waals surface area contributed by atoms with Gasteiger partial charge in [0, 0.05) is 11.1 Å². The quantitative estimate of drug-likeness (QED) is 0.921. The molecule has 0 bridgehead atoms. The number of hydrogen-bond acceptors (Lipinski definition) is 2. The summed E-state index contributed by atoms with van der Waals surface area (Å²) in [7, 11) is 0. The van der Waals surface area contributed by atoms with E-state index in [1.807, 2.05) is 13.0 Å². The molecule has 0 aliphatic heterocycles. The van der Waals surface area contributed by atoms with E-state index in [0.717, 1.165) is 29.4 Å². The number of nitrogens with zero attached hydrogens (tertiary/aromatic N) is 1. The summed E-state index contributed by atoms with van der Waals surface area (Å²) in [5.41, 5.74) is 8.51. The first-order valence-electron chi connectivity index (χ1n) is 5.58. The van der Waals surface area contributed by atoms with Crippen LogP contribution < -0.4 is 5.73 Å². The van der Waals surface area contributed by atoms with Crippen molar-refractivity contribution in [3.63, 3.8) is 0 Å². The van der Waals surface area contributed by atoms with Crippen molar-refractivity contribution in [3.8, 4) is 0 Å². The van der Waals surface area contributed by atoms with E-state index in [1.165, 1.54) is 5.56 Å². The van der Waals surface area contributed by atoms with Crippen molar-refractivity contribution >= 4 is 34.1 Å². The second-order valence-corrected chi connectivity index (χ2v) is 4.84. The van der Waals surface area contributed by atoms with Crippen LogP contribution in [0.25, 0.3) is 10.9 Å². The number of aromatic nitrogens is 1. The third-order valence-electron chi connectivity index (χ3n) is 2.82.